The maximum atomic E-state index is 10.8. The van der Waals surface area contributed by atoms with Crippen molar-refractivity contribution in [3.8, 4) is 0 Å². The van der Waals surface area contributed by atoms with Crippen molar-refractivity contribution in [3.05, 3.63) is 65.1 Å². The van der Waals surface area contributed by atoms with Gasteiger partial charge in [0.2, 0.25) is 0 Å². The lowest BCUT2D eigenvalue weighted by Gasteiger charge is -2.25. The van der Waals surface area contributed by atoms with Crippen molar-refractivity contribution in [3.63, 3.8) is 0 Å². The minimum atomic E-state index is -0.526. The van der Waals surface area contributed by atoms with Crippen molar-refractivity contribution >= 4 is 10.9 Å². The molecule has 0 bridgehead atoms. The number of nitrogens with zero attached hydrogens (tertiary/aromatic N) is 3. The molecule has 1 aliphatic heterocycles. The van der Waals surface area contributed by atoms with Crippen molar-refractivity contribution < 1.29 is 5.11 Å². The third kappa shape index (κ3) is 3.04. The van der Waals surface area contributed by atoms with E-state index in [1.54, 1.807) is 12.4 Å². The zero-order valence-electron chi connectivity index (χ0n) is 15.8. The van der Waals surface area contributed by atoms with Crippen molar-refractivity contribution in [1.29, 1.82) is 0 Å². The molecule has 1 unspecified atom stereocenters. The van der Waals surface area contributed by atoms with Crippen LogP contribution in [0.1, 0.15) is 48.3 Å². The number of fused-ring (bicyclic) bond motifs is 3. The SMILES string of the molecule is CC(C)c1ccc2c(c1)c1c(n2CC(O)c2ccncc2)CCN(C)C1. The third-order valence-electron chi connectivity index (χ3n) is 5.58. The van der Waals surface area contributed by atoms with Crippen LogP contribution in [0.2, 0.25) is 0 Å². The molecule has 0 saturated heterocycles. The average molecular weight is 349 g/mol. The number of likely N-dealkylation sites (N-methyl/N-ethyl adjacent to an activating group) is 1. The van der Waals surface area contributed by atoms with Crippen molar-refractivity contribution in [2.24, 2.45) is 0 Å². The molecule has 0 fully saturated rings. The van der Waals surface area contributed by atoms with E-state index < -0.39 is 6.10 Å². The van der Waals surface area contributed by atoms with Gasteiger partial charge < -0.3 is 14.6 Å². The van der Waals surface area contributed by atoms with E-state index in [2.05, 4.69) is 53.5 Å². The molecule has 4 nitrogen and oxygen atoms in total. The highest BCUT2D eigenvalue weighted by Crippen LogP contribution is 2.34. The normalized spacial score (nSPS) is 16.2. The largest absolute Gasteiger partial charge is 0.387 e. The van der Waals surface area contributed by atoms with Crippen LogP contribution in [0.3, 0.4) is 0 Å². The second-order valence-corrected chi connectivity index (χ2v) is 7.75. The summed E-state index contributed by atoms with van der Waals surface area (Å²) in [5.74, 6) is 0.516. The Labute approximate surface area is 155 Å². The van der Waals surface area contributed by atoms with E-state index in [4.69, 9.17) is 0 Å². The van der Waals surface area contributed by atoms with Gasteiger partial charge in [-0.05, 0) is 53.9 Å². The highest BCUT2D eigenvalue weighted by atomic mass is 16.3. The summed E-state index contributed by atoms with van der Waals surface area (Å²) in [6.45, 7) is 7.10. The monoisotopic (exact) mass is 349 g/mol. The first-order chi connectivity index (χ1) is 12.5. The Bertz CT molecular complexity index is 914. The van der Waals surface area contributed by atoms with Crippen molar-refractivity contribution in [2.45, 2.75) is 45.4 Å². The van der Waals surface area contributed by atoms with Gasteiger partial charge >= 0.3 is 0 Å². The van der Waals surface area contributed by atoms with Crippen molar-refractivity contribution in [1.82, 2.24) is 14.5 Å². The molecule has 1 aromatic carbocycles. The molecule has 4 heteroatoms. The summed E-state index contributed by atoms with van der Waals surface area (Å²) in [6, 6.07) is 10.6. The second-order valence-electron chi connectivity index (χ2n) is 7.75. The van der Waals surface area contributed by atoms with E-state index in [-0.39, 0.29) is 0 Å². The summed E-state index contributed by atoms with van der Waals surface area (Å²) in [7, 11) is 2.18. The number of aliphatic hydroxyl groups excluding tert-OH is 1. The number of aromatic nitrogens is 2. The first kappa shape index (κ1) is 17.3. The Balaban J connectivity index is 1.81. The summed E-state index contributed by atoms with van der Waals surface area (Å²) >= 11 is 0. The molecule has 4 rings (SSSR count). The number of aliphatic hydroxyl groups is 1. The quantitative estimate of drug-likeness (QED) is 0.777. The van der Waals surface area contributed by atoms with E-state index in [0.29, 0.717) is 12.5 Å². The van der Waals surface area contributed by atoms with Crippen LogP contribution in [-0.2, 0) is 19.5 Å². The minimum absolute atomic E-state index is 0.516. The molecule has 26 heavy (non-hydrogen) atoms. The van der Waals surface area contributed by atoms with Gasteiger partial charge in [-0.25, -0.2) is 0 Å². The van der Waals surface area contributed by atoms with Gasteiger partial charge in [0, 0.05) is 48.5 Å². The summed E-state index contributed by atoms with van der Waals surface area (Å²) < 4.78 is 2.34. The number of hydrogen-bond acceptors (Lipinski definition) is 3. The van der Waals surface area contributed by atoms with E-state index >= 15 is 0 Å². The molecule has 1 N–H and O–H groups in total. The van der Waals surface area contributed by atoms with Crippen molar-refractivity contribution in [2.75, 3.05) is 13.6 Å². The Hall–Kier alpha value is -2.17. The first-order valence-corrected chi connectivity index (χ1v) is 9.45. The lowest BCUT2D eigenvalue weighted by molar-refractivity contribution is 0.156. The van der Waals surface area contributed by atoms with Crippen LogP contribution in [0.25, 0.3) is 10.9 Å². The summed E-state index contributed by atoms with van der Waals surface area (Å²) in [5, 5.41) is 12.1. The van der Waals surface area contributed by atoms with Gasteiger partial charge in [0.25, 0.3) is 0 Å². The predicted molar refractivity (Wildman–Crippen MR) is 105 cm³/mol. The molecule has 0 radical (unpaired) electrons. The molecule has 0 saturated carbocycles. The van der Waals surface area contributed by atoms with Crippen LogP contribution in [0.5, 0.6) is 0 Å². The summed E-state index contributed by atoms with van der Waals surface area (Å²) in [4.78, 5) is 6.44. The topological polar surface area (TPSA) is 41.3 Å². The maximum Gasteiger partial charge on any atom is 0.0970 e. The molecule has 3 aromatic rings. The lowest BCUT2D eigenvalue weighted by Crippen LogP contribution is -2.27. The standard InChI is InChI=1S/C22H27N3O/c1-15(2)17-4-5-20-18(12-17)19-13-24(3)11-8-21(19)25(20)14-22(26)16-6-9-23-10-7-16/h4-7,9-10,12,15,22,26H,8,11,13-14H2,1-3H3. The molecular weight excluding hydrogens is 322 g/mol. The zero-order valence-corrected chi connectivity index (χ0v) is 15.8. The molecular formula is C22H27N3O. The van der Waals surface area contributed by atoms with Crippen LogP contribution in [0, 0.1) is 0 Å². The van der Waals surface area contributed by atoms with E-state index in [0.717, 1.165) is 25.1 Å². The minimum Gasteiger partial charge on any atom is -0.387 e. The predicted octanol–water partition coefficient (Wildman–Crippen LogP) is 3.88. The fourth-order valence-electron chi connectivity index (χ4n) is 4.03. The average Bonchev–Trinajstić information content (AvgIpc) is 2.95. The first-order valence-electron chi connectivity index (χ1n) is 9.45. The molecule has 0 spiro atoms. The number of rotatable bonds is 4. The Morgan fingerprint density at radius 2 is 1.88 bits per heavy atom. The second kappa shape index (κ2) is 6.86. The van der Waals surface area contributed by atoms with E-state index in [1.807, 2.05) is 12.1 Å². The zero-order chi connectivity index (χ0) is 18.3. The van der Waals surface area contributed by atoms with Crippen LogP contribution in [-0.4, -0.2) is 33.1 Å². The molecule has 136 valence electrons. The fourth-order valence-corrected chi connectivity index (χ4v) is 4.03. The number of hydrogen-bond donors (Lipinski definition) is 1. The fraction of sp³-hybridized carbons (Fsp3) is 0.409. The van der Waals surface area contributed by atoms with Crippen LogP contribution < -0.4 is 0 Å². The summed E-state index contributed by atoms with van der Waals surface area (Å²) in [5.41, 5.74) is 6.34. The van der Waals surface area contributed by atoms with E-state index in [9.17, 15) is 5.11 Å². The number of pyridine rings is 1. The molecule has 0 amide bonds. The van der Waals surface area contributed by atoms with Gasteiger partial charge in [-0.2, -0.15) is 0 Å². The smallest absolute Gasteiger partial charge is 0.0970 e. The van der Waals surface area contributed by atoms with Crippen LogP contribution in [0.4, 0.5) is 0 Å². The van der Waals surface area contributed by atoms with Gasteiger partial charge in [0.15, 0.2) is 0 Å². The van der Waals surface area contributed by atoms with Crippen LogP contribution >= 0.6 is 0 Å². The summed E-state index contributed by atoms with van der Waals surface area (Å²) in [6.07, 6.45) is 3.99. The third-order valence-corrected chi connectivity index (χ3v) is 5.58. The van der Waals surface area contributed by atoms with Gasteiger partial charge in [-0.15, -0.1) is 0 Å². The number of benzene rings is 1. The Morgan fingerprint density at radius 1 is 1.12 bits per heavy atom. The van der Waals surface area contributed by atoms with Gasteiger partial charge in [-0.1, -0.05) is 19.9 Å². The molecule has 3 heterocycles. The van der Waals surface area contributed by atoms with E-state index in [1.165, 1.54) is 27.7 Å². The van der Waals surface area contributed by atoms with Gasteiger partial charge in [0.1, 0.15) is 0 Å². The molecule has 0 aliphatic carbocycles. The molecule has 2 aromatic heterocycles. The van der Waals surface area contributed by atoms with Crippen LogP contribution in [0.15, 0.2) is 42.7 Å². The Kier molecular flexibility index (Phi) is 4.55. The molecule has 1 atom stereocenters. The lowest BCUT2D eigenvalue weighted by atomic mass is 9.98. The van der Waals surface area contributed by atoms with Gasteiger partial charge in [0.05, 0.1) is 12.6 Å². The Morgan fingerprint density at radius 3 is 2.62 bits per heavy atom. The highest BCUT2D eigenvalue weighted by molar-refractivity contribution is 5.86. The molecule has 1 aliphatic rings. The van der Waals surface area contributed by atoms with Gasteiger partial charge in [-0.3, -0.25) is 4.98 Å². The highest BCUT2D eigenvalue weighted by Gasteiger charge is 2.24. The maximum absolute atomic E-state index is 10.8.